The van der Waals surface area contributed by atoms with Crippen LogP contribution in [0.15, 0.2) is 0 Å². The summed E-state index contributed by atoms with van der Waals surface area (Å²) >= 11 is 0. The number of esters is 1. The van der Waals surface area contributed by atoms with Gasteiger partial charge >= 0.3 is 5.97 Å². The largest absolute Gasteiger partial charge is 0.466 e. The highest BCUT2D eigenvalue weighted by Gasteiger charge is 2.18. The van der Waals surface area contributed by atoms with Crippen molar-refractivity contribution < 1.29 is 14.3 Å². The first-order chi connectivity index (χ1) is 8.15. The van der Waals surface area contributed by atoms with E-state index >= 15 is 0 Å². The molecule has 0 heterocycles. The minimum Gasteiger partial charge on any atom is -0.466 e. The van der Waals surface area contributed by atoms with Crippen LogP contribution in [0.2, 0.25) is 0 Å². The second-order valence-corrected chi connectivity index (χ2v) is 4.15. The number of likely N-dealkylation sites (N-methyl/N-ethyl adjacent to an activating group) is 1. The Bertz CT molecular complexity index is 229. The van der Waals surface area contributed by atoms with E-state index in [-0.39, 0.29) is 18.2 Å². The topological polar surface area (TPSA) is 55.4 Å². The molecule has 0 spiro atoms. The van der Waals surface area contributed by atoms with Gasteiger partial charge in [-0.05, 0) is 13.5 Å². The van der Waals surface area contributed by atoms with Crippen molar-refractivity contribution in [3.05, 3.63) is 0 Å². The van der Waals surface area contributed by atoms with Crippen LogP contribution >= 0.6 is 0 Å². The molecule has 0 aliphatic carbocycles. The maximum Gasteiger partial charge on any atom is 0.307 e. The summed E-state index contributed by atoms with van der Waals surface area (Å²) in [5.41, 5.74) is 0. The molecule has 4 nitrogen and oxygen atoms in total. The zero-order valence-electron chi connectivity index (χ0n) is 11.3. The lowest BCUT2D eigenvalue weighted by Gasteiger charge is -2.13. The molecule has 0 rings (SSSR count). The zero-order valence-corrected chi connectivity index (χ0v) is 11.3. The average molecular weight is 243 g/mol. The van der Waals surface area contributed by atoms with Gasteiger partial charge in [0.25, 0.3) is 0 Å². The molecule has 0 aromatic heterocycles. The highest BCUT2D eigenvalue weighted by atomic mass is 16.5. The molecule has 0 fully saturated rings. The number of hydrogen-bond acceptors (Lipinski definition) is 4. The highest BCUT2D eigenvalue weighted by molar-refractivity contribution is 5.87. The van der Waals surface area contributed by atoms with E-state index in [9.17, 15) is 9.59 Å². The number of ether oxygens (including phenoxy) is 1. The Labute approximate surface area is 104 Å². The van der Waals surface area contributed by atoms with E-state index in [0.29, 0.717) is 13.0 Å². The van der Waals surface area contributed by atoms with Gasteiger partial charge < -0.3 is 10.1 Å². The predicted molar refractivity (Wildman–Crippen MR) is 67.9 cm³/mol. The van der Waals surface area contributed by atoms with Crippen LogP contribution in [0, 0.1) is 0 Å². The molecule has 1 N–H and O–H groups in total. The molecule has 0 aromatic carbocycles. The highest BCUT2D eigenvalue weighted by Crippen LogP contribution is 2.02. The monoisotopic (exact) mass is 243 g/mol. The van der Waals surface area contributed by atoms with Crippen LogP contribution in [0.25, 0.3) is 0 Å². The fourth-order valence-corrected chi connectivity index (χ4v) is 1.56. The molecule has 0 saturated heterocycles. The molecule has 0 radical (unpaired) electrons. The summed E-state index contributed by atoms with van der Waals surface area (Å²) in [5.74, 6) is -0.238. The third-order valence-corrected chi connectivity index (χ3v) is 2.72. The molecule has 0 aliphatic rings. The van der Waals surface area contributed by atoms with Crippen LogP contribution in [-0.2, 0) is 14.3 Å². The van der Waals surface area contributed by atoms with Gasteiger partial charge in [-0.1, -0.05) is 33.1 Å². The number of ketones is 1. The third kappa shape index (κ3) is 7.91. The summed E-state index contributed by atoms with van der Waals surface area (Å²) in [6.07, 6.45) is 4.91. The van der Waals surface area contributed by atoms with Crippen molar-refractivity contribution >= 4 is 11.8 Å². The Morgan fingerprint density at radius 1 is 1.18 bits per heavy atom. The minimum atomic E-state index is -0.400. The molecule has 100 valence electrons. The van der Waals surface area contributed by atoms with Crippen molar-refractivity contribution in [2.75, 3.05) is 13.7 Å². The molecule has 0 aliphatic heterocycles. The third-order valence-electron chi connectivity index (χ3n) is 2.72. The number of carbonyl (C=O) groups excluding carboxylic acids is 2. The first-order valence-electron chi connectivity index (χ1n) is 6.51. The van der Waals surface area contributed by atoms with Gasteiger partial charge in [0.05, 0.1) is 19.1 Å². The number of rotatable bonds is 10. The van der Waals surface area contributed by atoms with Gasteiger partial charge in [-0.15, -0.1) is 0 Å². The maximum atomic E-state index is 11.5. The van der Waals surface area contributed by atoms with E-state index in [2.05, 4.69) is 12.2 Å². The number of unbranched alkanes of at least 4 members (excludes halogenated alkanes) is 3. The van der Waals surface area contributed by atoms with Crippen molar-refractivity contribution in [3.8, 4) is 0 Å². The lowest BCUT2D eigenvalue weighted by atomic mass is 10.1. The number of Topliss-reactive ketones (excluding diaryl/α,β-unsaturated/α-hetero) is 1. The van der Waals surface area contributed by atoms with E-state index in [1.54, 1.807) is 14.0 Å². The predicted octanol–water partition coefficient (Wildman–Crippen LogP) is 2.07. The second kappa shape index (κ2) is 10.3. The molecule has 0 amide bonds. The average Bonchev–Trinajstić information content (AvgIpc) is 2.34. The standard InChI is InChI=1S/C13H25NO3/c1-4-6-7-8-9-17-13(16)10-11(14-3)12(15)5-2/h11,14H,4-10H2,1-3H3. The number of nitrogens with one attached hydrogen (secondary N) is 1. The van der Waals surface area contributed by atoms with Gasteiger partial charge in [0, 0.05) is 6.42 Å². The van der Waals surface area contributed by atoms with Crippen LogP contribution < -0.4 is 5.32 Å². The Hall–Kier alpha value is -0.900. The van der Waals surface area contributed by atoms with Gasteiger partial charge in [0.15, 0.2) is 0 Å². The first kappa shape index (κ1) is 16.1. The van der Waals surface area contributed by atoms with Gasteiger partial charge in [-0.3, -0.25) is 9.59 Å². The van der Waals surface area contributed by atoms with E-state index in [0.717, 1.165) is 12.8 Å². The molecule has 1 unspecified atom stereocenters. The molecule has 0 aromatic rings. The summed E-state index contributed by atoms with van der Waals surface area (Å²) in [4.78, 5) is 22.9. The summed E-state index contributed by atoms with van der Waals surface area (Å²) in [5, 5.41) is 2.84. The molecule has 4 heteroatoms. The summed E-state index contributed by atoms with van der Waals surface area (Å²) in [6, 6.07) is -0.400. The molecular weight excluding hydrogens is 218 g/mol. The minimum absolute atomic E-state index is 0.0513. The Morgan fingerprint density at radius 2 is 1.88 bits per heavy atom. The van der Waals surface area contributed by atoms with Crippen molar-refractivity contribution in [3.63, 3.8) is 0 Å². The van der Waals surface area contributed by atoms with Gasteiger partial charge in [-0.25, -0.2) is 0 Å². The van der Waals surface area contributed by atoms with Crippen LogP contribution in [0.4, 0.5) is 0 Å². The fraction of sp³-hybridized carbons (Fsp3) is 0.846. The van der Waals surface area contributed by atoms with Crippen LogP contribution in [0.3, 0.4) is 0 Å². The summed E-state index contributed by atoms with van der Waals surface area (Å²) in [7, 11) is 1.69. The smallest absolute Gasteiger partial charge is 0.307 e. The van der Waals surface area contributed by atoms with Crippen molar-refractivity contribution in [2.45, 2.75) is 58.4 Å². The SMILES string of the molecule is CCCCCCOC(=O)CC(NC)C(=O)CC. The molecule has 0 bridgehead atoms. The lowest BCUT2D eigenvalue weighted by Crippen LogP contribution is -2.36. The molecular formula is C13H25NO3. The van der Waals surface area contributed by atoms with E-state index in [1.807, 2.05) is 0 Å². The van der Waals surface area contributed by atoms with Crippen molar-refractivity contribution in [1.29, 1.82) is 0 Å². The van der Waals surface area contributed by atoms with Crippen molar-refractivity contribution in [1.82, 2.24) is 5.32 Å². The van der Waals surface area contributed by atoms with E-state index in [1.165, 1.54) is 12.8 Å². The first-order valence-corrected chi connectivity index (χ1v) is 6.51. The van der Waals surface area contributed by atoms with Gasteiger partial charge in [-0.2, -0.15) is 0 Å². The Balaban J connectivity index is 3.72. The quantitative estimate of drug-likeness (QED) is 0.471. The Kier molecular flexibility index (Phi) is 9.72. The lowest BCUT2D eigenvalue weighted by molar-refractivity contribution is -0.145. The fourth-order valence-electron chi connectivity index (χ4n) is 1.56. The summed E-state index contributed by atoms with van der Waals surface area (Å²) < 4.78 is 5.08. The Morgan fingerprint density at radius 3 is 2.41 bits per heavy atom. The van der Waals surface area contributed by atoms with Gasteiger partial charge in [0.2, 0.25) is 0 Å². The normalized spacial score (nSPS) is 12.2. The van der Waals surface area contributed by atoms with Crippen LogP contribution in [0.1, 0.15) is 52.4 Å². The van der Waals surface area contributed by atoms with Crippen LogP contribution in [0.5, 0.6) is 0 Å². The molecule has 17 heavy (non-hydrogen) atoms. The molecule has 0 saturated carbocycles. The second-order valence-electron chi connectivity index (χ2n) is 4.15. The number of carbonyl (C=O) groups is 2. The maximum absolute atomic E-state index is 11.5. The summed E-state index contributed by atoms with van der Waals surface area (Å²) in [6.45, 7) is 4.40. The van der Waals surface area contributed by atoms with Gasteiger partial charge in [0.1, 0.15) is 5.78 Å². The zero-order chi connectivity index (χ0) is 13.1. The van der Waals surface area contributed by atoms with Crippen LogP contribution in [-0.4, -0.2) is 31.4 Å². The molecule has 1 atom stereocenters. The number of hydrogen-bond donors (Lipinski definition) is 1. The van der Waals surface area contributed by atoms with E-state index < -0.39 is 6.04 Å². The van der Waals surface area contributed by atoms with Crippen molar-refractivity contribution in [2.24, 2.45) is 0 Å². The van der Waals surface area contributed by atoms with E-state index in [4.69, 9.17) is 4.74 Å².